The highest BCUT2D eigenvalue weighted by Crippen LogP contribution is 2.31. The predicted molar refractivity (Wildman–Crippen MR) is 130 cm³/mol. The molecule has 1 N–H and O–H groups in total. The molecule has 0 saturated heterocycles. The van der Waals surface area contributed by atoms with Gasteiger partial charge in [0.2, 0.25) is 0 Å². The van der Waals surface area contributed by atoms with Gasteiger partial charge in [0.1, 0.15) is 18.2 Å². The third-order valence-electron chi connectivity index (χ3n) is 4.93. The Bertz CT molecular complexity index is 1170. The molecule has 0 fully saturated rings. The summed E-state index contributed by atoms with van der Waals surface area (Å²) in [5.41, 5.74) is 2.48. The lowest BCUT2D eigenvalue weighted by Gasteiger charge is -2.14. The van der Waals surface area contributed by atoms with E-state index in [4.69, 9.17) is 21.1 Å². The molecule has 1 amide bonds. The van der Waals surface area contributed by atoms with Gasteiger partial charge in [0.25, 0.3) is 5.91 Å². The van der Waals surface area contributed by atoms with Crippen LogP contribution < -0.4 is 14.8 Å². The summed E-state index contributed by atoms with van der Waals surface area (Å²) in [6.45, 7) is 4.48. The van der Waals surface area contributed by atoms with E-state index in [1.165, 1.54) is 6.08 Å². The van der Waals surface area contributed by atoms with Crippen LogP contribution >= 0.6 is 11.6 Å². The maximum Gasteiger partial charge on any atom is 0.262 e. The van der Waals surface area contributed by atoms with E-state index in [2.05, 4.69) is 5.32 Å². The molecular weight excluding hydrogens is 436 g/mol. The van der Waals surface area contributed by atoms with Gasteiger partial charge >= 0.3 is 0 Å². The topological polar surface area (TPSA) is 71.3 Å². The molecule has 1 atom stereocenters. The maximum absolute atomic E-state index is 12.7. The van der Waals surface area contributed by atoms with Crippen LogP contribution in [0.3, 0.4) is 0 Å². The molecule has 0 aliphatic heterocycles. The first kappa shape index (κ1) is 23.9. The summed E-state index contributed by atoms with van der Waals surface area (Å²) in [6.07, 6.45) is 1.54. The number of benzene rings is 3. The molecular formula is C27H25ClN2O3. The summed E-state index contributed by atoms with van der Waals surface area (Å²) >= 11 is 6.21. The van der Waals surface area contributed by atoms with Crippen LogP contribution in [0.15, 0.2) is 78.4 Å². The molecule has 0 aliphatic rings. The van der Waals surface area contributed by atoms with Crippen LogP contribution in [0.5, 0.6) is 11.5 Å². The molecule has 33 heavy (non-hydrogen) atoms. The van der Waals surface area contributed by atoms with Gasteiger partial charge in [0, 0.05) is 10.6 Å². The largest absolute Gasteiger partial charge is 0.490 e. The Balaban J connectivity index is 1.76. The zero-order chi connectivity index (χ0) is 23.6. The van der Waals surface area contributed by atoms with Crippen molar-refractivity contribution >= 4 is 23.6 Å². The van der Waals surface area contributed by atoms with E-state index < -0.39 is 5.91 Å². The quantitative estimate of drug-likeness (QED) is 0.309. The zero-order valence-corrected chi connectivity index (χ0v) is 19.3. The minimum Gasteiger partial charge on any atom is -0.490 e. The zero-order valence-electron chi connectivity index (χ0n) is 18.5. The van der Waals surface area contributed by atoms with Crippen LogP contribution in [0.1, 0.15) is 36.6 Å². The van der Waals surface area contributed by atoms with Gasteiger partial charge in [-0.1, -0.05) is 66.2 Å². The first-order chi connectivity index (χ1) is 16.0. The third kappa shape index (κ3) is 6.61. The Labute approximate surface area is 199 Å². The number of amides is 1. The van der Waals surface area contributed by atoms with Crippen LogP contribution in [0.2, 0.25) is 5.02 Å². The summed E-state index contributed by atoms with van der Waals surface area (Å²) in [7, 11) is 0. The highest BCUT2D eigenvalue weighted by atomic mass is 35.5. The number of nitriles is 1. The number of nitrogens with one attached hydrogen (secondary N) is 1. The number of halogens is 1. The molecule has 3 aromatic carbocycles. The fourth-order valence-corrected chi connectivity index (χ4v) is 3.38. The highest BCUT2D eigenvalue weighted by molar-refractivity contribution is 6.31. The van der Waals surface area contributed by atoms with Gasteiger partial charge < -0.3 is 14.8 Å². The highest BCUT2D eigenvalue weighted by Gasteiger charge is 2.15. The average Bonchev–Trinajstić information content (AvgIpc) is 2.83. The second-order valence-corrected chi connectivity index (χ2v) is 7.70. The van der Waals surface area contributed by atoms with E-state index in [9.17, 15) is 10.1 Å². The van der Waals surface area contributed by atoms with Gasteiger partial charge in [-0.15, -0.1) is 0 Å². The fraction of sp³-hybridized carbons (Fsp3) is 0.185. The van der Waals surface area contributed by atoms with Crippen molar-refractivity contribution in [3.63, 3.8) is 0 Å². The van der Waals surface area contributed by atoms with Gasteiger partial charge in [0.15, 0.2) is 11.5 Å². The smallest absolute Gasteiger partial charge is 0.262 e. The molecule has 5 nitrogen and oxygen atoms in total. The number of hydrogen-bond donors (Lipinski definition) is 1. The molecule has 0 bridgehead atoms. The Hall–Kier alpha value is -3.75. The second-order valence-electron chi connectivity index (χ2n) is 7.29. The van der Waals surface area contributed by atoms with E-state index in [0.717, 1.165) is 11.1 Å². The Morgan fingerprint density at radius 3 is 2.48 bits per heavy atom. The van der Waals surface area contributed by atoms with Gasteiger partial charge in [-0.3, -0.25) is 4.79 Å². The van der Waals surface area contributed by atoms with Crippen molar-refractivity contribution in [1.82, 2.24) is 5.32 Å². The monoisotopic (exact) mass is 460 g/mol. The van der Waals surface area contributed by atoms with Crippen molar-refractivity contribution in [3.8, 4) is 17.6 Å². The minimum atomic E-state index is -0.439. The summed E-state index contributed by atoms with van der Waals surface area (Å²) in [4.78, 5) is 12.7. The summed E-state index contributed by atoms with van der Waals surface area (Å²) < 4.78 is 11.6. The molecule has 0 heterocycles. The Morgan fingerprint density at radius 2 is 1.79 bits per heavy atom. The average molecular weight is 461 g/mol. The van der Waals surface area contributed by atoms with Crippen molar-refractivity contribution < 1.29 is 14.3 Å². The van der Waals surface area contributed by atoms with Gasteiger partial charge in [-0.2, -0.15) is 5.26 Å². The first-order valence-corrected chi connectivity index (χ1v) is 11.0. The molecule has 0 spiro atoms. The number of ether oxygens (including phenoxy) is 2. The Kier molecular flexibility index (Phi) is 8.51. The van der Waals surface area contributed by atoms with Crippen LogP contribution in [-0.4, -0.2) is 12.5 Å². The van der Waals surface area contributed by atoms with Crippen LogP contribution in [-0.2, 0) is 11.4 Å². The number of carbonyl (C=O) groups is 1. The summed E-state index contributed by atoms with van der Waals surface area (Å²) in [5.74, 6) is 0.633. The first-order valence-electron chi connectivity index (χ1n) is 10.6. The number of carbonyl (C=O) groups excluding carboxylic acids is 1. The van der Waals surface area contributed by atoms with Crippen LogP contribution in [0.25, 0.3) is 6.08 Å². The normalized spacial score (nSPS) is 11.9. The fourth-order valence-electron chi connectivity index (χ4n) is 3.19. The molecule has 0 radical (unpaired) electrons. The number of rotatable bonds is 9. The molecule has 0 aromatic heterocycles. The van der Waals surface area contributed by atoms with Crippen LogP contribution in [0, 0.1) is 11.3 Å². The van der Waals surface area contributed by atoms with Crippen molar-refractivity contribution in [2.45, 2.75) is 26.5 Å². The molecule has 3 aromatic rings. The van der Waals surface area contributed by atoms with Gasteiger partial charge in [0.05, 0.1) is 12.6 Å². The Morgan fingerprint density at radius 1 is 1.06 bits per heavy atom. The standard InChI is InChI=1S/C27H25ClN2O3/c1-3-32-26-16-20(13-14-25(26)33-18-22-11-7-8-12-24(22)28)15-23(17-29)27(31)30-19(2)21-9-5-4-6-10-21/h4-16,19H,3,18H2,1-2H3,(H,30,31)/b23-15+/t19-/m1/s1. The second kappa shape index (κ2) is 11.8. The SMILES string of the molecule is CCOc1cc(/C=C(\C#N)C(=O)N[C@H](C)c2ccccc2)ccc1OCc1ccccc1Cl. The molecule has 0 unspecified atom stereocenters. The summed E-state index contributed by atoms with van der Waals surface area (Å²) in [5, 5.41) is 13.1. The minimum absolute atomic E-state index is 0.00460. The van der Waals surface area contributed by atoms with E-state index in [0.29, 0.717) is 28.7 Å². The van der Waals surface area contributed by atoms with Crippen LogP contribution in [0.4, 0.5) is 0 Å². The molecule has 3 rings (SSSR count). The molecule has 0 saturated carbocycles. The maximum atomic E-state index is 12.7. The van der Waals surface area contributed by atoms with Gasteiger partial charge in [-0.25, -0.2) is 0 Å². The lowest BCUT2D eigenvalue weighted by molar-refractivity contribution is -0.117. The summed E-state index contributed by atoms with van der Waals surface area (Å²) in [6, 6.07) is 24.1. The van der Waals surface area contributed by atoms with E-state index in [1.807, 2.05) is 74.5 Å². The predicted octanol–water partition coefficient (Wildman–Crippen LogP) is 6.10. The van der Waals surface area contributed by atoms with Crippen molar-refractivity contribution in [1.29, 1.82) is 5.26 Å². The van der Waals surface area contributed by atoms with E-state index in [-0.39, 0.29) is 18.2 Å². The van der Waals surface area contributed by atoms with Crippen molar-refractivity contribution in [3.05, 3.63) is 100 Å². The number of hydrogen-bond acceptors (Lipinski definition) is 4. The molecule has 168 valence electrons. The van der Waals surface area contributed by atoms with E-state index >= 15 is 0 Å². The van der Waals surface area contributed by atoms with Crippen molar-refractivity contribution in [2.24, 2.45) is 0 Å². The molecule has 6 heteroatoms. The van der Waals surface area contributed by atoms with Crippen molar-refractivity contribution in [2.75, 3.05) is 6.61 Å². The van der Waals surface area contributed by atoms with E-state index in [1.54, 1.807) is 18.2 Å². The lowest BCUT2D eigenvalue weighted by atomic mass is 10.1. The molecule has 0 aliphatic carbocycles. The van der Waals surface area contributed by atoms with Gasteiger partial charge in [-0.05, 0) is 49.2 Å². The lowest BCUT2D eigenvalue weighted by Crippen LogP contribution is -2.27. The third-order valence-corrected chi connectivity index (χ3v) is 5.30. The number of nitrogens with zero attached hydrogens (tertiary/aromatic N) is 1.